The molecule has 1 amide bonds. The Morgan fingerprint density at radius 2 is 2.05 bits per heavy atom. The van der Waals surface area contributed by atoms with Gasteiger partial charge in [-0.3, -0.25) is 4.79 Å². The van der Waals surface area contributed by atoms with Crippen LogP contribution in [0.15, 0.2) is 59.5 Å². The number of imidazole rings is 1. The first-order valence-electron chi connectivity index (χ1n) is 7.04. The van der Waals surface area contributed by atoms with Crippen molar-refractivity contribution < 1.29 is 9.21 Å². The van der Waals surface area contributed by atoms with Crippen molar-refractivity contribution in [2.75, 3.05) is 0 Å². The third-order valence-electron chi connectivity index (χ3n) is 3.59. The number of nitrogens with zero attached hydrogens (tertiary/aromatic N) is 2. The first-order chi connectivity index (χ1) is 10.7. The van der Waals surface area contributed by atoms with Gasteiger partial charge in [-0.05, 0) is 18.6 Å². The van der Waals surface area contributed by atoms with Crippen molar-refractivity contribution in [1.82, 2.24) is 14.9 Å². The molecule has 0 saturated carbocycles. The lowest BCUT2D eigenvalue weighted by molar-refractivity contribution is 0.0912. The van der Waals surface area contributed by atoms with E-state index in [9.17, 15) is 4.79 Å². The molecule has 2 aromatic heterocycles. The van der Waals surface area contributed by atoms with E-state index in [0.717, 1.165) is 17.0 Å². The number of aromatic nitrogens is 2. The molecule has 22 heavy (non-hydrogen) atoms. The zero-order valence-corrected chi connectivity index (χ0v) is 12.5. The molecule has 112 valence electrons. The zero-order valence-electron chi connectivity index (χ0n) is 12.5. The van der Waals surface area contributed by atoms with Crippen molar-refractivity contribution >= 4 is 5.91 Å². The summed E-state index contributed by atoms with van der Waals surface area (Å²) in [5, 5.41) is 3.00. The summed E-state index contributed by atoms with van der Waals surface area (Å²) in [6, 6.07) is 11.2. The van der Waals surface area contributed by atoms with Crippen molar-refractivity contribution in [3.05, 3.63) is 77.8 Å². The number of rotatable bonds is 4. The normalized spacial score (nSPS) is 12.1. The minimum absolute atomic E-state index is 0.251. The van der Waals surface area contributed by atoms with Gasteiger partial charge in [0.15, 0.2) is 5.76 Å². The lowest BCUT2D eigenvalue weighted by atomic mass is 10.1. The fraction of sp³-hybridized carbons (Fsp3) is 0.176. The van der Waals surface area contributed by atoms with Gasteiger partial charge in [-0.25, -0.2) is 4.98 Å². The third kappa shape index (κ3) is 2.65. The molecule has 3 rings (SSSR count). The first-order valence-corrected chi connectivity index (χ1v) is 7.04. The van der Waals surface area contributed by atoms with Gasteiger partial charge in [-0.1, -0.05) is 30.3 Å². The van der Waals surface area contributed by atoms with E-state index < -0.39 is 0 Å². The SMILES string of the molecule is Cc1ccoc1C(=O)NC(c1ccccc1)c1nccn1C. The highest BCUT2D eigenvalue weighted by molar-refractivity contribution is 5.93. The average molecular weight is 295 g/mol. The number of aryl methyl sites for hydroxylation is 2. The number of hydrogen-bond donors (Lipinski definition) is 1. The molecule has 2 heterocycles. The van der Waals surface area contributed by atoms with Crippen LogP contribution in [-0.2, 0) is 7.05 Å². The van der Waals surface area contributed by atoms with Crippen LogP contribution in [0.25, 0.3) is 0 Å². The molecule has 0 fully saturated rings. The number of amides is 1. The van der Waals surface area contributed by atoms with Gasteiger partial charge >= 0.3 is 0 Å². The number of carbonyl (C=O) groups excluding carboxylic acids is 1. The van der Waals surface area contributed by atoms with Crippen molar-refractivity contribution in [1.29, 1.82) is 0 Å². The first kappa shape index (κ1) is 14.1. The quantitative estimate of drug-likeness (QED) is 0.805. The Morgan fingerprint density at radius 3 is 2.64 bits per heavy atom. The summed E-state index contributed by atoms with van der Waals surface area (Å²) < 4.78 is 7.17. The number of benzene rings is 1. The topological polar surface area (TPSA) is 60.1 Å². The average Bonchev–Trinajstić information content (AvgIpc) is 3.14. The van der Waals surface area contributed by atoms with E-state index in [1.54, 1.807) is 12.3 Å². The zero-order chi connectivity index (χ0) is 15.5. The summed E-state index contributed by atoms with van der Waals surface area (Å²) in [7, 11) is 1.91. The van der Waals surface area contributed by atoms with E-state index in [1.165, 1.54) is 6.26 Å². The maximum Gasteiger partial charge on any atom is 0.288 e. The van der Waals surface area contributed by atoms with E-state index in [-0.39, 0.29) is 11.9 Å². The van der Waals surface area contributed by atoms with Crippen LogP contribution in [-0.4, -0.2) is 15.5 Å². The van der Waals surface area contributed by atoms with Gasteiger partial charge in [0.2, 0.25) is 0 Å². The van der Waals surface area contributed by atoms with E-state index in [4.69, 9.17) is 4.42 Å². The van der Waals surface area contributed by atoms with Crippen LogP contribution in [0.3, 0.4) is 0 Å². The molecule has 5 heteroatoms. The Morgan fingerprint density at radius 1 is 1.27 bits per heavy atom. The van der Waals surface area contributed by atoms with Crippen molar-refractivity contribution in [3.8, 4) is 0 Å². The highest BCUT2D eigenvalue weighted by Crippen LogP contribution is 2.21. The van der Waals surface area contributed by atoms with Crippen LogP contribution < -0.4 is 5.32 Å². The van der Waals surface area contributed by atoms with E-state index in [1.807, 2.05) is 55.1 Å². The molecule has 3 aromatic rings. The Kier molecular flexibility index (Phi) is 3.78. The Labute approximate surface area is 128 Å². The summed E-state index contributed by atoms with van der Waals surface area (Å²) >= 11 is 0. The highest BCUT2D eigenvalue weighted by Gasteiger charge is 2.23. The molecular weight excluding hydrogens is 278 g/mol. The summed E-state index contributed by atoms with van der Waals surface area (Å²) in [6.45, 7) is 1.84. The predicted molar refractivity (Wildman–Crippen MR) is 82.4 cm³/mol. The molecule has 1 N–H and O–H groups in total. The Bertz CT molecular complexity index is 774. The molecule has 0 bridgehead atoms. The second kappa shape index (κ2) is 5.89. The largest absolute Gasteiger partial charge is 0.459 e. The van der Waals surface area contributed by atoms with Gasteiger partial charge in [0.1, 0.15) is 11.9 Å². The lowest BCUT2D eigenvalue weighted by Gasteiger charge is -2.18. The van der Waals surface area contributed by atoms with Crippen molar-refractivity contribution in [2.45, 2.75) is 13.0 Å². The molecular formula is C17H17N3O2. The highest BCUT2D eigenvalue weighted by atomic mass is 16.3. The van der Waals surface area contributed by atoms with Crippen molar-refractivity contribution in [2.24, 2.45) is 7.05 Å². The van der Waals surface area contributed by atoms with Gasteiger partial charge < -0.3 is 14.3 Å². The van der Waals surface area contributed by atoms with Crippen LogP contribution in [0.4, 0.5) is 0 Å². The summed E-state index contributed by atoms with van der Waals surface area (Å²) in [6.07, 6.45) is 5.09. The molecule has 0 aliphatic rings. The molecule has 0 aliphatic heterocycles. The summed E-state index contributed by atoms with van der Waals surface area (Å²) in [5.41, 5.74) is 1.78. The molecule has 5 nitrogen and oxygen atoms in total. The number of furan rings is 1. The molecule has 1 atom stereocenters. The number of nitrogens with one attached hydrogen (secondary N) is 1. The van der Waals surface area contributed by atoms with Gasteiger partial charge in [-0.15, -0.1) is 0 Å². The van der Waals surface area contributed by atoms with Gasteiger partial charge in [-0.2, -0.15) is 0 Å². The minimum Gasteiger partial charge on any atom is -0.459 e. The molecule has 0 saturated heterocycles. The third-order valence-corrected chi connectivity index (χ3v) is 3.59. The van der Waals surface area contributed by atoms with Gasteiger partial charge in [0.05, 0.1) is 6.26 Å². The van der Waals surface area contributed by atoms with Crippen LogP contribution in [0, 0.1) is 6.92 Å². The van der Waals surface area contributed by atoms with Crippen LogP contribution in [0.5, 0.6) is 0 Å². The van der Waals surface area contributed by atoms with E-state index in [0.29, 0.717) is 5.76 Å². The minimum atomic E-state index is -0.335. The molecule has 1 aromatic carbocycles. The Balaban J connectivity index is 1.95. The van der Waals surface area contributed by atoms with Crippen LogP contribution in [0.2, 0.25) is 0 Å². The van der Waals surface area contributed by atoms with E-state index >= 15 is 0 Å². The lowest BCUT2D eigenvalue weighted by Crippen LogP contribution is -2.31. The fourth-order valence-electron chi connectivity index (χ4n) is 2.40. The maximum absolute atomic E-state index is 12.5. The Hall–Kier alpha value is -2.82. The standard InChI is InChI=1S/C17H17N3O2/c1-12-8-11-22-15(12)17(21)19-14(13-6-4-3-5-7-13)16-18-9-10-20(16)2/h3-11,14H,1-2H3,(H,19,21). The summed E-state index contributed by atoms with van der Waals surface area (Å²) in [4.78, 5) is 16.8. The van der Waals surface area contributed by atoms with E-state index in [2.05, 4.69) is 10.3 Å². The smallest absolute Gasteiger partial charge is 0.288 e. The van der Waals surface area contributed by atoms with Crippen LogP contribution in [0.1, 0.15) is 33.5 Å². The number of carbonyl (C=O) groups is 1. The monoisotopic (exact) mass is 295 g/mol. The second-order valence-electron chi connectivity index (χ2n) is 5.15. The summed E-state index contributed by atoms with van der Waals surface area (Å²) in [5.74, 6) is 0.846. The molecule has 0 radical (unpaired) electrons. The van der Waals surface area contributed by atoms with Gasteiger partial charge in [0, 0.05) is 25.0 Å². The number of hydrogen-bond acceptors (Lipinski definition) is 3. The molecule has 0 aliphatic carbocycles. The van der Waals surface area contributed by atoms with Crippen molar-refractivity contribution in [3.63, 3.8) is 0 Å². The predicted octanol–water partition coefficient (Wildman–Crippen LogP) is 2.84. The van der Waals surface area contributed by atoms with Crippen LogP contribution >= 0.6 is 0 Å². The fourth-order valence-corrected chi connectivity index (χ4v) is 2.40. The molecule has 0 spiro atoms. The second-order valence-corrected chi connectivity index (χ2v) is 5.15. The maximum atomic E-state index is 12.5. The molecule has 1 unspecified atom stereocenters. The van der Waals surface area contributed by atoms with Gasteiger partial charge in [0.25, 0.3) is 5.91 Å².